The van der Waals surface area contributed by atoms with Crippen LogP contribution in [-0.4, -0.2) is 24.0 Å². The number of aliphatic hydroxyl groups is 1. The summed E-state index contributed by atoms with van der Waals surface area (Å²) in [4.78, 5) is 0. The van der Waals surface area contributed by atoms with Crippen LogP contribution in [0.2, 0.25) is 0 Å². The monoisotopic (exact) mass is 174 g/mol. The summed E-state index contributed by atoms with van der Waals surface area (Å²) in [6.45, 7) is 5.23. The molecular weight excluding hydrogens is 154 g/mol. The zero-order valence-electron chi connectivity index (χ0n) is 8.05. The average molecular weight is 174 g/mol. The minimum atomic E-state index is -1.37. The van der Waals surface area contributed by atoms with Crippen molar-refractivity contribution in [1.82, 2.24) is 5.32 Å². The Bertz CT molecular complexity index is 82.5. The summed E-state index contributed by atoms with van der Waals surface area (Å²) in [5, 5.41) is 21.9. The zero-order chi connectivity index (χ0) is 9.40. The van der Waals surface area contributed by atoms with Gasteiger partial charge < -0.3 is 10.4 Å². The molecule has 0 saturated heterocycles. The molecule has 0 fully saturated rings. The van der Waals surface area contributed by atoms with Crippen molar-refractivity contribution in [3.63, 3.8) is 0 Å². The molecule has 3 nitrogen and oxygen atoms in total. The highest BCUT2D eigenvalue weighted by molar-refractivity contribution is 4.53. The van der Waals surface area contributed by atoms with Crippen LogP contribution in [0.25, 0.3) is 0 Å². The molecule has 0 aliphatic heterocycles. The van der Waals surface area contributed by atoms with Crippen molar-refractivity contribution in [3.8, 4) is 0 Å². The van der Waals surface area contributed by atoms with Crippen molar-refractivity contribution < 1.29 is 10.2 Å². The lowest BCUT2D eigenvalue weighted by atomic mass is 10.2. The van der Waals surface area contributed by atoms with E-state index in [-0.39, 0.29) is 0 Å². The summed E-state index contributed by atoms with van der Waals surface area (Å²) in [5.74, 6) is 0. The van der Waals surface area contributed by atoms with Gasteiger partial charge >= 0.3 is 0 Å². The predicted molar refractivity (Wildman–Crippen MR) is 48.3 cm³/mol. The number of unbranched alkanes of at least 4 members (excludes halogenated alkanes) is 2. The Morgan fingerprint density at radius 2 is 1.92 bits per heavy atom. The molecule has 0 aromatic rings. The fraction of sp³-hybridized carbons (Fsp3) is 1.00. The van der Waals surface area contributed by atoms with Gasteiger partial charge in [-0.15, -0.1) is 0 Å². The Morgan fingerprint density at radius 3 is 2.42 bits per heavy atom. The third-order valence-corrected chi connectivity index (χ3v) is 1.68. The largest absolute Gasteiger partial charge is 0.366 e. The van der Waals surface area contributed by atoms with E-state index < -0.39 is 6.29 Å². The molecule has 0 saturated carbocycles. The minimum Gasteiger partial charge on any atom is -0.366 e. The number of hydrogen-bond acceptors (Lipinski definition) is 2. The lowest BCUT2D eigenvalue weighted by Crippen LogP contribution is -2.23. The summed E-state index contributed by atoms with van der Waals surface area (Å²) >= 11 is 0. The van der Waals surface area contributed by atoms with E-state index in [9.17, 15) is 5.11 Å². The summed E-state index contributed by atoms with van der Waals surface area (Å²) in [6, 6.07) is 0.537. The topological polar surface area (TPSA) is 52.2 Å². The molecule has 1 atom stereocenters. The molecule has 3 heteroatoms. The van der Waals surface area contributed by atoms with Crippen LogP contribution in [0.15, 0.2) is 0 Å². The molecule has 0 aliphatic carbocycles. The Morgan fingerprint density at radius 1 is 1.25 bits per heavy atom. The normalized spacial score (nSPS) is 11.5. The van der Waals surface area contributed by atoms with Gasteiger partial charge in [0.15, 0.2) is 6.29 Å². The summed E-state index contributed by atoms with van der Waals surface area (Å²) in [6.07, 6.45) is 1.97. The van der Waals surface area contributed by atoms with E-state index in [1.807, 2.05) is 0 Å². The molecule has 0 aromatic heterocycles. The molecule has 0 aromatic carbocycles. The van der Waals surface area contributed by atoms with Crippen LogP contribution in [0.3, 0.4) is 0 Å². The van der Waals surface area contributed by atoms with Crippen molar-refractivity contribution >= 4 is 0 Å². The first-order valence-corrected chi connectivity index (χ1v) is 4.70. The molecule has 0 spiro atoms. The molecule has 0 bridgehead atoms. The van der Waals surface area contributed by atoms with E-state index in [1.54, 1.807) is 0 Å². The maximum absolute atomic E-state index is 10.2. The fourth-order valence-corrected chi connectivity index (χ4v) is 1.01. The molecule has 73 valence electrons. The maximum atomic E-state index is 10.2. The van der Waals surface area contributed by atoms with E-state index >= 15 is 0 Å². The average Bonchev–Trinajstić information content (AvgIpc) is 1.95. The highest BCUT2D eigenvalue weighted by atomic mass is 16.5. The van der Waals surface area contributed by atoms with E-state index in [0.29, 0.717) is 12.5 Å². The van der Waals surface area contributed by atoms with Gasteiger partial charge in [-0.2, -0.15) is 0 Å². The highest BCUT2D eigenvalue weighted by Crippen LogP contribution is 2.01. The molecule has 0 aliphatic rings. The van der Waals surface area contributed by atoms with Crippen molar-refractivity contribution in [2.45, 2.75) is 51.9 Å². The third-order valence-electron chi connectivity index (χ3n) is 1.68. The predicted octanol–water partition coefficient (Wildman–Crippen LogP) is 1.29. The fourth-order valence-electron chi connectivity index (χ4n) is 1.01. The first-order valence-electron chi connectivity index (χ1n) is 4.70. The van der Waals surface area contributed by atoms with Crippen molar-refractivity contribution in [1.29, 1.82) is 0 Å². The Labute approximate surface area is 74.8 Å². The molecule has 0 amide bonds. The lowest BCUT2D eigenvalue weighted by Gasteiger charge is -2.07. The Balaban J connectivity index is 2.91. The third kappa shape index (κ3) is 9.88. The van der Waals surface area contributed by atoms with Gasteiger partial charge in [-0.05, 0) is 19.4 Å². The van der Waals surface area contributed by atoms with E-state index in [4.69, 9.17) is 5.11 Å². The van der Waals surface area contributed by atoms with E-state index in [2.05, 4.69) is 19.2 Å². The number of aliphatic hydroxyl groups excluding tert-OH is 1. The first kappa shape index (κ1) is 11.9. The molecule has 0 rings (SSSR count). The molecule has 1 radical (unpaired) electrons. The van der Waals surface area contributed by atoms with Crippen molar-refractivity contribution in [2.75, 3.05) is 6.54 Å². The van der Waals surface area contributed by atoms with Crippen LogP contribution >= 0.6 is 0 Å². The van der Waals surface area contributed by atoms with E-state index in [0.717, 1.165) is 25.8 Å². The van der Waals surface area contributed by atoms with Gasteiger partial charge in [0.05, 0.1) is 0 Å². The maximum Gasteiger partial charge on any atom is 0.188 e. The molecule has 1 unspecified atom stereocenters. The lowest BCUT2D eigenvalue weighted by molar-refractivity contribution is -0.0967. The summed E-state index contributed by atoms with van der Waals surface area (Å²) < 4.78 is 0. The van der Waals surface area contributed by atoms with Gasteiger partial charge in [0.2, 0.25) is 0 Å². The van der Waals surface area contributed by atoms with Crippen LogP contribution in [0.1, 0.15) is 39.5 Å². The van der Waals surface area contributed by atoms with E-state index in [1.165, 1.54) is 0 Å². The second-order valence-electron chi connectivity index (χ2n) is 3.41. The minimum absolute atomic E-state index is 0.391. The number of hydrogen-bond donors (Lipinski definition) is 2. The van der Waals surface area contributed by atoms with Gasteiger partial charge in [-0.1, -0.05) is 20.3 Å². The highest BCUT2D eigenvalue weighted by Gasteiger charge is 1.98. The van der Waals surface area contributed by atoms with Crippen molar-refractivity contribution in [3.05, 3.63) is 0 Å². The smallest absolute Gasteiger partial charge is 0.188 e. The molecule has 0 heterocycles. The van der Waals surface area contributed by atoms with Gasteiger partial charge in [0, 0.05) is 12.5 Å². The molecular formula is C9H20NO2. The standard InChI is InChI=1S/C9H20NO2/c1-8(2)10-7-5-3-4-6-9(11)12/h8-11H,3-7H2,1-2H3. The molecule has 12 heavy (non-hydrogen) atoms. The quantitative estimate of drug-likeness (QED) is 0.451. The van der Waals surface area contributed by atoms with Crippen LogP contribution in [0.4, 0.5) is 0 Å². The van der Waals surface area contributed by atoms with Gasteiger partial charge in [-0.25, -0.2) is 5.11 Å². The van der Waals surface area contributed by atoms with Crippen LogP contribution < -0.4 is 5.32 Å². The second kappa shape index (κ2) is 7.53. The van der Waals surface area contributed by atoms with Crippen LogP contribution in [0, 0.1) is 0 Å². The van der Waals surface area contributed by atoms with Gasteiger partial charge in [0.25, 0.3) is 0 Å². The summed E-state index contributed by atoms with van der Waals surface area (Å²) in [5.41, 5.74) is 0. The van der Waals surface area contributed by atoms with Crippen LogP contribution in [0.5, 0.6) is 0 Å². The molecule has 2 N–H and O–H groups in total. The number of rotatable bonds is 7. The Hall–Kier alpha value is -0.120. The van der Waals surface area contributed by atoms with Gasteiger partial charge in [-0.3, -0.25) is 0 Å². The number of nitrogens with one attached hydrogen (secondary N) is 1. The second-order valence-corrected chi connectivity index (χ2v) is 3.41. The van der Waals surface area contributed by atoms with Crippen molar-refractivity contribution in [2.24, 2.45) is 0 Å². The van der Waals surface area contributed by atoms with Crippen LogP contribution in [-0.2, 0) is 5.11 Å². The first-order chi connectivity index (χ1) is 5.63. The summed E-state index contributed by atoms with van der Waals surface area (Å²) in [7, 11) is 0. The SMILES string of the molecule is CC(C)NCCCCCC([O])O. The zero-order valence-corrected chi connectivity index (χ0v) is 8.05. The van der Waals surface area contributed by atoms with Gasteiger partial charge in [0.1, 0.15) is 0 Å². The Kier molecular flexibility index (Phi) is 7.45.